The average Bonchev–Trinajstić information content (AvgIpc) is 2.33. The molecule has 0 aliphatic rings. The van der Waals surface area contributed by atoms with E-state index in [9.17, 15) is 12.8 Å². The lowest BCUT2D eigenvalue weighted by Gasteiger charge is -2.08. The third-order valence-corrected chi connectivity index (χ3v) is 4.57. The first-order valence-corrected chi connectivity index (χ1v) is 7.56. The van der Waals surface area contributed by atoms with Crippen LogP contribution in [0.15, 0.2) is 45.9 Å². The average molecular weight is 345 g/mol. The van der Waals surface area contributed by atoms with Crippen LogP contribution in [0.5, 0.6) is 0 Å². The van der Waals surface area contributed by atoms with E-state index >= 15 is 0 Å². The van der Waals surface area contributed by atoms with Crippen LogP contribution < -0.4 is 4.72 Å². The van der Waals surface area contributed by atoms with Crippen molar-refractivity contribution in [3.8, 4) is 0 Å². The smallest absolute Gasteiger partial charge is 0.263 e. The molecular weight excluding hydrogens is 335 g/mol. The molecule has 0 saturated heterocycles. The minimum absolute atomic E-state index is 0.144. The van der Waals surface area contributed by atoms with Gasteiger partial charge in [0.1, 0.15) is 11.6 Å². The van der Waals surface area contributed by atoms with Crippen molar-refractivity contribution in [1.29, 1.82) is 0 Å². The lowest BCUT2D eigenvalue weighted by molar-refractivity contribution is 0.595. The Hall–Kier alpha value is -1.47. The van der Waals surface area contributed by atoms with Gasteiger partial charge in [0.2, 0.25) is 0 Å². The molecule has 0 spiro atoms. The first-order valence-electron chi connectivity index (χ1n) is 5.29. The SMILES string of the molecule is Cc1cc(NS(=O)(=O)c2cccc(F)c2)ncc1Br. The normalized spacial score (nSPS) is 11.3. The lowest BCUT2D eigenvalue weighted by Crippen LogP contribution is -2.14. The van der Waals surface area contributed by atoms with Crippen LogP contribution in [0, 0.1) is 12.7 Å². The summed E-state index contributed by atoms with van der Waals surface area (Å²) in [4.78, 5) is 3.80. The molecule has 19 heavy (non-hydrogen) atoms. The van der Waals surface area contributed by atoms with E-state index in [0.29, 0.717) is 0 Å². The van der Waals surface area contributed by atoms with Crippen LogP contribution in [0.25, 0.3) is 0 Å². The van der Waals surface area contributed by atoms with E-state index in [1.807, 2.05) is 6.92 Å². The second kappa shape index (κ2) is 5.26. The Morgan fingerprint density at radius 1 is 1.32 bits per heavy atom. The summed E-state index contributed by atoms with van der Waals surface area (Å²) in [6.07, 6.45) is 1.50. The van der Waals surface area contributed by atoms with Gasteiger partial charge in [-0.3, -0.25) is 4.72 Å². The maximum absolute atomic E-state index is 13.0. The Bertz CT molecular complexity index is 719. The third-order valence-electron chi connectivity index (χ3n) is 2.39. The highest BCUT2D eigenvalue weighted by atomic mass is 79.9. The summed E-state index contributed by atoms with van der Waals surface area (Å²) >= 11 is 3.27. The second-order valence-corrected chi connectivity index (χ2v) is 6.42. The van der Waals surface area contributed by atoms with Crippen LogP contribution >= 0.6 is 15.9 Å². The fourth-order valence-electron chi connectivity index (χ4n) is 1.43. The zero-order valence-corrected chi connectivity index (χ0v) is 12.3. The number of rotatable bonds is 3. The van der Waals surface area contributed by atoms with E-state index < -0.39 is 15.8 Å². The summed E-state index contributed by atoms with van der Waals surface area (Å²) in [5, 5.41) is 0. The van der Waals surface area contributed by atoms with Gasteiger partial charge in [0.15, 0.2) is 0 Å². The van der Waals surface area contributed by atoms with Crippen LogP contribution in [0.1, 0.15) is 5.56 Å². The van der Waals surface area contributed by atoms with E-state index in [1.165, 1.54) is 24.4 Å². The molecule has 0 bridgehead atoms. The fraction of sp³-hybridized carbons (Fsp3) is 0.0833. The Morgan fingerprint density at radius 3 is 2.68 bits per heavy atom. The van der Waals surface area contributed by atoms with Gasteiger partial charge >= 0.3 is 0 Å². The molecule has 0 atom stereocenters. The number of hydrogen-bond acceptors (Lipinski definition) is 3. The predicted octanol–water partition coefficient (Wildman–Crippen LogP) is 3.09. The number of sulfonamides is 1. The maximum Gasteiger partial charge on any atom is 0.263 e. The van der Waals surface area contributed by atoms with E-state index in [4.69, 9.17) is 0 Å². The summed E-state index contributed by atoms with van der Waals surface area (Å²) < 4.78 is 40.2. The highest BCUT2D eigenvalue weighted by molar-refractivity contribution is 9.10. The number of nitrogens with one attached hydrogen (secondary N) is 1. The third kappa shape index (κ3) is 3.30. The summed E-state index contributed by atoms with van der Waals surface area (Å²) in [5.74, 6) is -0.423. The monoisotopic (exact) mass is 344 g/mol. The van der Waals surface area contributed by atoms with E-state index in [1.54, 1.807) is 6.07 Å². The first-order chi connectivity index (χ1) is 8.88. The van der Waals surface area contributed by atoms with Gasteiger partial charge in [-0.25, -0.2) is 17.8 Å². The van der Waals surface area contributed by atoms with Crippen molar-refractivity contribution in [2.24, 2.45) is 0 Å². The van der Waals surface area contributed by atoms with E-state index in [2.05, 4.69) is 25.6 Å². The van der Waals surface area contributed by atoms with Crippen molar-refractivity contribution in [2.45, 2.75) is 11.8 Å². The molecule has 1 N–H and O–H groups in total. The van der Waals surface area contributed by atoms with Crippen molar-refractivity contribution in [2.75, 3.05) is 4.72 Å². The number of anilines is 1. The molecule has 1 aromatic carbocycles. The molecule has 0 aliphatic heterocycles. The first kappa shape index (κ1) is 14.0. The Balaban J connectivity index is 2.33. The summed E-state index contributed by atoms with van der Waals surface area (Å²) in [5.41, 5.74) is 0.840. The van der Waals surface area contributed by atoms with Gasteiger partial charge < -0.3 is 0 Å². The number of halogens is 2. The predicted molar refractivity (Wildman–Crippen MR) is 73.9 cm³/mol. The van der Waals surface area contributed by atoms with Gasteiger partial charge in [-0.15, -0.1) is 0 Å². The van der Waals surface area contributed by atoms with Crippen LogP contribution in [-0.4, -0.2) is 13.4 Å². The van der Waals surface area contributed by atoms with Crippen LogP contribution in [0.4, 0.5) is 10.2 Å². The van der Waals surface area contributed by atoms with Gasteiger partial charge in [0.25, 0.3) is 10.0 Å². The minimum Gasteiger partial charge on any atom is -0.263 e. The zero-order chi connectivity index (χ0) is 14.0. The van der Waals surface area contributed by atoms with Gasteiger partial charge in [-0.1, -0.05) is 6.07 Å². The highest BCUT2D eigenvalue weighted by Gasteiger charge is 2.15. The maximum atomic E-state index is 13.0. The number of aromatic nitrogens is 1. The zero-order valence-electron chi connectivity index (χ0n) is 9.89. The molecule has 1 aromatic heterocycles. The van der Waals surface area contributed by atoms with Crippen molar-refractivity contribution >= 4 is 31.8 Å². The summed E-state index contributed by atoms with van der Waals surface area (Å²) in [6, 6.07) is 6.37. The molecule has 2 rings (SSSR count). The molecule has 7 heteroatoms. The lowest BCUT2D eigenvalue weighted by atomic mass is 10.3. The molecule has 4 nitrogen and oxygen atoms in total. The van der Waals surface area contributed by atoms with Crippen molar-refractivity contribution in [1.82, 2.24) is 4.98 Å². The number of pyridine rings is 1. The Morgan fingerprint density at radius 2 is 2.05 bits per heavy atom. The van der Waals surface area contributed by atoms with Gasteiger partial charge in [-0.2, -0.15) is 0 Å². The molecule has 100 valence electrons. The molecule has 0 radical (unpaired) electrons. The molecule has 0 aliphatic carbocycles. The fourth-order valence-corrected chi connectivity index (χ4v) is 2.67. The van der Waals surface area contributed by atoms with Gasteiger partial charge in [-0.05, 0) is 52.7 Å². The highest BCUT2D eigenvalue weighted by Crippen LogP contribution is 2.20. The molecule has 0 unspecified atom stereocenters. The molecule has 2 aromatic rings. The van der Waals surface area contributed by atoms with Crippen molar-refractivity contribution < 1.29 is 12.8 Å². The quantitative estimate of drug-likeness (QED) is 0.930. The second-order valence-electron chi connectivity index (χ2n) is 3.88. The Labute approximate surface area is 118 Å². The molecular formula is C12H10BrFN2O2S. The number of benzene rings is 1. The van der Waals surface area contributed by atoms with E-state index in [0.717, 1.165) is 16.1 Å². The van der Waals surface area contributed by atoms with Crippen LogP contribution in [0.3, 0.4) is 0 Å². The summed E-state index contributed by atoms with van der Waals surface area (Å²) in [7, 11) is -3.83. The van der Waals surface area contributed by atoms with Crippen molar-refractivity contribution in [3.05, 3.63) is 52.4 Å². The van der Waals surface area contributed by atoms with Crippen LogP contribution in [-0.2, 0) is 10.0 Å². The van der Waals surface area contributed by atoms with Crippen LogP contribution in [0.2, 0.25) is 0 Å². The molecule has 0 amide bonds. The summed E-state index contributed by atoms with van der Waals surface area (Å²) in [6.45, 7) is 1.81. The topological polar surface area (TPSA) is 59.1 Å². The minimum atomic E-state index is -3.83. The molecule has 1 heterocycles. The van der Waals surface area contributed by atoms with Gasteiger partial charge in [0, 0.05) is 10.7 Å². The number of hydrogen-bond donors (Lipinski definition) is 1. The van der Waals surface area contributed by atoms with Gasteiger partial charge in [0.05, 0.1) is 4.90 Å². The molecule has 0 saturated carbocycles. The Kier molecular flexibility index (Phi) is 3.86. The van der Waals surface area contributed by atoms with E-state index in [-0.39, 0.29) is 10.7 Å². The molecule has 0 fully saturated rings. The van der Waals surface area contributed by atoms with Crippen molar-refractivity contribution in [3.63, 3.8) is 0 Å². The number of nitrogens with zero attached hydrogens (tertiary/aromatic N) is 1. The standard InChI is InChI=1S/C12H10BrFN2O2S/c1-8-5-12(15-7-11(8)13)16-19(17,18)10-4-2-3-9(14)6-10/h2-7H,1H3,(H,15,16). The number of aryl methyl sites for hydroxylation is 1. The largest absolute Gasteiger partial charge is 0.263 e.